The number of nitrogens with one attached hydrogen (secondary N) is 1. The summed E-state index contributed by atoms with van der Waals surface area (Å²) in [7, 11) is 0. The van der Waals surface area contributed by atoms with Crippen LogP contribution in [0.25, 0.3) is 0 Å². The molecule has 2 atom stereocenters. The average Bonchev–Trinajstić information content (AvgIpc) is 2.84. The van der Waals surface area contributed by atoms with Crippen LogP contribution < -0.4 is 5.32 Å². The fourth-order valence-corrected chi connectivity index (χ4v) is 4.60. The van der Waals surface area contributed by atoms with Gasteiger partial charge in [0.25, 0.3) is 5.91 Å². The lowest BCUT2D eigenvalue weighted by atomic mass is 10.1. The number of benzene rings is 2. The van der Waals surface area contributed by atoms with E-state index in [1.807, 2.05) is 24.3 Å². The van der Waals surface area contributed by atoms with Crippen LogP contribution in [0.4, 0.5) is 0 Å². The summed E-state index contributed by atoms with van der Waals surface area (Å²) in [6, 6.07) is 18.8. The Balaban J connectivity index is 1.16. The van der Waals surface area contributed by atoms with Gasteiger partial charge in [-0.1, -0.05) is 12.1 Å². The first-order valence-corrected chi connectivity index (χ1v) is 11.5. The molecule has 0 radical (unpaired) electrons. The third-order valence-corrected chi connectivity index (χ3v) is 6.24. The molecule has 7 heteroatoms. The summed E-state index contributed by atoms with van der Waals surface area (Å²) in [4.78, 5) is 17.2. The van der Waals surface area contributed by atoms with Crippen LogP contribution in [-0.4, -0.2) is 73.7 Å². The summed E-state index contributed by atoms with van der Waals surface area (Å²) < 4.78 is 6.16. The number of nitriles is 2. The minimum Gasteiger partial charge on any atom is -0.370 e. The number of hydrogen-bond acceptors (Lipinski definition) is 6. The first-order valence-electron chi connectivity index (χ1n) is 11.5. The molecule has 7 nitrogen and oxygen atoms in total. The largest absolute Gasteiger partial charge is 0.370 e. The van der Waals surface area contributed by atoms with Crippen molar-refractivity contribution in [3.8, 4) is 12.1 Å². The minimum atomic E-state index is -0.110. The van der Waals surface area contributed by atoms with E-state index in [0.717, 1.165) is 52.1 Å². The third kappa shape index (κ3) is 6.40. The molecule has 2 fully saturated rings. The Morgan fingerprint density at radius 2 is 1.42 bits per heavy atom. The smallest absolute Gasteiger partial charge is 0.251 e. The lowest BCUT2D eigenvalue weighted by Crippen LogP contribution is -2.60. The van der Waals surface area contributed by atoms with Gasteiger partial charge in [0, 0.05) is 44.8 Å². The molecular weight excluding hydrogens is 414 g/mol. The highest BCUT2D eigenvalue weighted by atomic mass is 16.5. The number of morpholine rings is 2. The highest BCUT2D eigenvalue weighted by Gasteiger charge is 2.34. The molecule has 170 valence electrons. The number of carbonyl (C=O) groups excluding carboxylic acids is 1. The number of aryl methyl sites for hydroxylation is 1. The number of fused-ring (bicyclic) bond motifs is 2. The van der Waals surface area contributed by atoms with E-state index in [4.69, 9.17) is 15.3 Å². The van der Waals surface area contributed by atoms with Crippen molar-refractivity contribution in [3.05, 3.63) is 70.8 Å². The van der Waals surface area contributed by atoms with Gasteiger partial charge in [0.05, 0.1) is 35.5 Å². The first-order chi connectivity index (χ1) is 16.1. The molecule has 4 rings (SSSR count). The monoisotopic (exact) mass is 443 g/mol. The lowest BCUT2D eigenvalue weighted by Gasteiger charge is -2.46. The van der Waals surface area contributed by atoms with Gasteiger partial charge >= 0.3 is 0 Å². The van der Waals surface area contributed by atoms with Crippen molar-refractivity contribution in [2.75, 3.05) is 45.8 Å². The number of carbonyl (C=O) groups is 1. The summed E-state index contributed by atoms with van der Waals surface area (Å²) in [5.74, 6) is -0.110. The van der Waals surface area contributed by atoms with E-state index in [2.05, 4.69) is 27.3 Å². The second-order valence-corrected chi connectivity index (χ2v) is 8.76. The maximum Gasteiger partial charge on any atom is 0.251 e. The van der Waals surface area contributed by atoms with Gasteiger partial charge in [-0.15, -0.1) is 0 Å². The second kappa shape index (κ2) is 11.1. The van der Waals surface area contributed by atoms with E-state index in [9.17, 15) is 4.79 Å². The van der Waals surface area contributed by atoms with Gasteiger partial charge in [-0.2, -0.15) is 10.5 Å². The first kappa shape index (κ1) is 22.9. The van der Waals surface area contributed by atoms with E-state index in [1.165, 1.54) is 5.56 Å². The van der Waals surface area contributed by atoms with Gasteiger partial charge < -0.3 is 10.1 Å². The van der Waals surface area contributed by atoms with Crippen LogP contribution in [0.5, 0.6) is 0 Å². The number of ether oxygens (including phenoxy) is 1. The van der Waals surface area contributed by atoms with Gasteiger partial charge in [0.15, 0.2) is 0 Å². The summed E-state index contributed by atoms with van der Waals surface area (Å²) in [6.07, 6.45) is 2.53. The molecule has 2 aromatic carbocycles. The highest BCUT2D eigenvalue weighted by molar-refractivity contribution is 5.94. The fourth-order valence-electron chi connectivity index (χ4n) is 4.60. The van der Waals surface area contributed by atoms with E-state index in [0.29, 0.717) is 23.2 Å². The van der Waals surface area contributed by atoms with Gasteiger partial charge in [-0.25, -0.2) is 0 Å². The van der Waals surface area contributed by atoms with Crippen LogP contribution in [0.1, 0.15) is 33.5 Å². The molecule has 33 heavy (non-hydrogen) atoms. The van der Waals surface area contributed by atoms with Crippen molar-refractivity contribution < 1.29 is 9.53 Å². The lowest BCUT2D eigenvalue weighted by molar-refractivity contribution is -0.138. The van der Waals surface area contributed by atoms with Crippen molar-refractivity contribution in [2.24, 2.45) is 0 Å². The molecule has 2 saturated heterocycles. The summed E-state index contributed by atoms with van der Waals surface area (Å²) >= 11 is 0. The van der Waals surface area contributed by atoms with Crippen LogP contribution in [0.2, 0.25) is 0 Å². The fraction of sp³-hybridized carbons (Fsp3) is 0.423. The number of amides is 1. The zero-order valence-corrected chi connectivity index (χ0v) is 18.7. The van der Waals surface area contributed by atoms with E-state index in [1.54, 1.807) is 24.3 Å². The second-order valence-electron chi connectivity index (χ2n) is 8.76. The van der Waals surface area contributed by atoms with Crippen molar-refractivity contribution in [3.63, 3.8) is 0 Å². The molecule has 0 aromatic heterocycles. The zero-order valence-electron chi connectivity index (χ0n) is 18.7. The van der Waals surface area contributed by atoms with Crippen LogP contribution in [0.15, 0.2) is 48.5 Å². The molecule has 1 N–H and O–H groups in total. The molecule has 1 amide bonds. The molecule has 0 spiro atoms. The van der Waals surface area contributed by atoms with Gasteiger partial charge in [0.2, 0.25) is 0 Å². The van der Waals surface area contributed by atoms with Crippen molar-refractivity contribution in [1.29, 1.82) is 10.5 Å². The number of rotatable bonds is 8. The maximum absolute atomic E-state index is 12.3. The third-order valence-electron chi connectivity index (χ3n) is 6.24. The molecule has 0 saturated carbocycles. The zero-order chi connectivity index (χ0) is 23.0. The summed E-state index contributed by atoms with van der Waals surface area (Å²) in [5.41, 5.74) is 3.11. The Morgan fingerprint density at radius 1 is 0.879 bits per heavy atom. The molecule has 0 aliphatic carbocycles. The molecule has 2 aliphatic rings. The van der Waals surface area contributed by atoms with Gasteiger partial charge in [0.1, 0.15) is 0 Å². The van der Waals surface area contributed by atoms with Crippen LogP contribution in [-0.2, 0) is 11.2 Å². The van der Waals surface area contributed by atoms with E-state index < -0.39 is 0 Å². The van der Waals surface area contributed by atoms with Crippen LogP contribution in [0, 0.1) is 22.7 Å². The Hall–Kier alpha value is -3.23. The molecule has 2 heterocycles. The maximum atomic E-state index is 12.3. The molecular formula is C26H29N5O2. The predicted octanol–water partition coefficient (Wildman–Crippen LogP) is 2.18. The molecule has 2 aromatic rings. The van der Waals surface area contributed by atoms with Crippen molar-refractivity contribution in [1.82, 2.24) is 15.1 Å². The van der Waals surface area contributed by atoms with Gasteiger partial charge in [-0.05, 0) is 61.3 Å². The Morgan fingerprint density at radius 3 is 2.00 bits per heavy atom. The number of nitrogens with zero attached hydrogens (tertiary/aromatic N) is 4. The SMILES string of the molecule is N#Cc1ccc(CCCN2CC3CN(CCNC(=O)c4ccc(C#N)cc4)CC(C2)O3)cc1. The molecule has 2 unspecified atom stereocenters. The van der Waals surface area contributed by atoms with Crippen LogP contribution >= 0.6 is 0 Å². The summed E-state index contributed by atoms with van der Waals surface area (Å²) in [5, 5.41) is 20.7. The average molecular weight is 444 g/mol. The highest BCUT2D eigenvalue weighted by Crippen LogP contribution is 2.19. The topological polar surface area (TPSA) is 92.4 Å². The summed E-state index contributed by atoms with van der Waals surface area (Å²) in [6.45, 7) is 6.10. The van der Waals surface area contributed by atoms with Crippen LogP contribution in [0.3, 0.4) is 0 Å². The van der Waals surface area contributed by atoms with E-state index >= 15 is 0 Å². The minimum absolute atomic E-state index is 0.110. The predicted molar refractivity (Wildman–Crippen MR) is 125 cm³/mol. The number of hydrogen-bond donors (Lipinski definition) is 1. The quantitative estimate of drug-likeness (QED) is 0.672. The van der Waals surface area contributed by atoms with Crippen molar-refractivity contribution in [2.45, 2.75) is 25.0 Å². The van der Waals surface area contributed by atoms with Crippen molar-refractivity contribution >= 4 is 5.91 Å². The van der Waals surface area contributed by atoms with Gasteiger partial charge in [-0.3, -0.25) is 14.6 Å². The normalized spacial score (nSPS) is 20.5. The molecule has 2 aliphatic heterocycles. The molecule has 2 bridgehead atoms. The Labute approximate surface area is 195 Å². The van der Waals surface area contributed by atoms with E-state index in [-0.39, 0.29) is 18.1 Å². The Kier molecular flexibility index (Phi) is 7.70. The Bertz CT molecular complexity index is 1010. The standard InChI is InChI=1S/C26H29N5O2/c27-14-21-5-3-20(4-6-21)2-1-12-30-16-24-18-31(19-25(17-30)33-24)13-11-29-26(32)23-9-7-22(15-28)8-10-23/h3-10,24-25H,1-2,11-13,16-19H2,(H,29,32).